The van der Waals surface area contributed by atoms with Gasteiger partial charge in [-0.15, -0.1) is 0 Å². The van der Waals surface area contributed by atoms with Gasteiger partial charge in [-0.25, -0.2) is 4.39 Å². The molecule has 1 amide bonds. The highest BCUT2D eigenvalue weighted by atomic mass is 19.1. The minimum atomic E-state index is -0.728. The van der Waals surface area contributed by atoms with Gasteiger partial charge in [0.05, 0.1) is 16.5 Å². The molecule has 0 bridgehead atoms. The number of nitrogens with one attached hydrogen (secondary N) is 1. The van der Waals surface area contributed by atoms with Gasteiger partial charge in [0.15, 0.2) is 0 Å². The molecule has 0 radical (unpaired) electrons. The molecule has 1 fully saturated rings. The van der Waals surface area contributed by atoms with Gasteiger partial charge in [-0.1, -0.05) is 6.92 Å². The van der Waals surface area contributed by atoms with E-state index in [9.17, 15) is 19.3 Å². The van der Waals surface area contributed by atoms with Gasteiger partial charge in [0, 0.05) is 31.8 Å². The molecule has 1 aromatic carbocycles. The molecule has 0 unspecified atom stereocenters. The van der Waals surface area contributed by atoms with Crippen LogP contribution in [0.25, 0.3) is 0 Å². The number of halogens is 1. The van der Waals surface area contributed by atoms with Crippen molar-refractivity contribution in [1.29, 1.82) is 0 Å². The van der Waals surface area contributed by atoms with Crippen LogP contribution in [0.2, 0.25) is 0 Å². The molecule has 2 rings (SSSR count). The summed E-state index contributed by atoms with van der Waals surface area (Å²) in [7, 11) is 0. The first-order chi connectivity index (χ1) is 9.54. The lowest BCUT2D eigenvalue weighted by atomic mass is 10.1. The summed E-state index contributed by atoms with van der Waals surface area (Å²) < 4.78 is 13.8. The number of nitro benzene ring substituents is 1. The third-order valence-electron chi connectivity index (χ3n) is 3.32. The SMILES string of the molecule is CCCN(C(=O)c1cc([N+](=O)[O-])ccc1F)C1CNC1. The van der Waals surface area contributed by atoms with Crippen molar-refractivity contribution in [2.45, 2.75) is 19.4 Å². The summed E-state index contributed by atoms with van der Waals surface area (Å²) in [5.74, 6) is -1.21. The summed E-state index contributed by atoms with van der Waals surface area (Å²) >= 11 is 0. The van der Waals surface area contributed by atoms with Crippen molar-refractivity contribution < 1.29 is 14.1 Å². The molecule has 108 valence electrons. The smallest absolute Gasteiger partial charge is 0.270 e. The lowest BCUT2D eigenvalue weighted by molar-refractivity contribution is -0.384. The van der Waals surface area contributed by atoms with Crippen molar-refractivity contribution >= 4 is 11.6 Å². The van der Waals surface area contributed by atoms with E-state index in [4.69, 9.17) is 0 Å². The fourth-order valence-corrected chi connectivity index (χ4v) is 2.13. The summed E-state index contributed by atoms with van der Waals surface area (Å²) in [5.41, 5.74) is -0.516. The number of non-ortho nitro benzene ring substituents is 1. The first-order valence-corrected chi connectivity index (χ1v) is 6.50. The summed E-state index contributed by atoms with van der Waals surface area (Å²) in [4.78, 5) is 24.1. The Hall–Kier alpha value is -2.02. The van der Waals surface area contributed by atoms with Gasteiger partial charge in [-0.05, 0) is 12.5 Å². The van der Waals surface area contributed by atoms with E-state index in [0.717, 1.165) is 24.6 Å². The second-order valence-electron chi connectivity index (χ2n) is 4.73. The van der Waals surface area contributed by atoms with Gasteiger partial charge in [0.25, 0.3) is 11.6 Å². The van der Waals surface area contributed by atoms with Crippen molar-refractivity contribution in [3.63, 3.8) is 0 Å². The van der Waals surface area contributed by atoms with Crippen LogP contribution in [0.5, 0.6) is 0 Å². The molecular weight excluding hydrogens is 265 g/mol. The predicted octanol–water partition coefficient (Wildman–Crippen LogP) is 1.56. The van der Waals surface area contributed by atoms with E-state index in [1.807, 2.05) is 6.92 Å². The van der Waals surface area contributed by atoms with E-state index in [1.54, 1.807) is 4.90 Å². The van der Waals surface area contributed by atoms with Crippen LogP contribution in [0.4, 0.5) is 10.1 Å². The molecule has 1 aliphatic rings. The molecule has 20 heavy (non-hydrogen) atoms. The number of hydrogen-bond acceptors (Lipinski definition) is 4. The predicted molar refractivity (Wildman–Crippen MR) is 71.0 cm³/mol. The minimum absolute atomic E-state index is 0.0288. The molecule has 1 aromatic rings. The molecular formula is C13H16FN3O3. The van der Waals surface area contributed by atoms with Crippen LogP contribution in [0, 0.1) is 15.9 Å². The molecule has 1 aliphatic heterocycles. The van der Waals surface area contributed by atoms with Crippen LogP contribution in [0.3, 0.4) is 0 Å². The number of nitro groups is 1. The maximum absolute atomic E-state index is 13.8. The standard InChI is InChI=1S/C13H16FN3O3/c1-2-5-16(10-7-15-8-10)13(18)11-6-9(17(19)20)3-4-12(11)14/h3-4,6,10,15H,2,5,7-8H2,1H3. The van der Waals surface area contributed by atoms with Crippen molar-refractivity contribution in [3.8, 4) is 0 Å². The number of amides is 1. The minimum Gasteiger partial charge on any atom is -0.333 e. The molecule has 1 N–H and O–H groups in total. The first kappa shape index (κ1) is 14.4. The highest BCUT2D eigenvalue weighted by Gasteiger charge is 2.30. The molecule has 0 aromatic heterocycles. The van der Waals surface area contributed by atoms with E-state index < -0.39 is 16.6 Å². The van der Waals surface area contributed by atoms with Crippen molar-refractivity contribution in [3.05, 3.63) is 39.7 Å². The maximum atomic E-state index is 13.8. The molecule has 0 aliphatic carbocycles. The highest BCUT2D eigenvalue weighted by molar-refractivity contribution is 5.95. The van der Waals surface area contributed by atoms with E-state index in [-0.39, 0.29) is 17.3 Å². The molecule has 7 heteroatoms. The second-order valence-corrected chi connectivity index (χ2v) is 4.73. The number of rotatable bonds is 5. The van der Waals surface area contributed by atoms with Gasteiger partial charge in [-0.2, -0.15) is 0 Å². The average molecular weight is 281 g/mol. The monoisotopic (exact) mass is 281 g/mol. The van der Waals surface area contributed by atoms with Crippen molar-refractivity contribution in [1.82, 2.24) is 10.2 Å². The lowest BCUT2D eigenvalue weighted by Crippen LogP contribution is -2.59. The van der Waals surface area contributed by atoms with Crippen LogP contribution >= 0.6 is 0 Å². The van der Waals surface area contributed by atoms with Gasteiger partial charge >= 0.3 is 0 Å². The van der Waals surface area contributed by atoms with Crippen LogP contribution in [-0.2, 0) is 0 Å². The van der Waals surface area contributed by atoms with Crippen LogP contribution in [-0.4, -0.2) is 41.4 Å². The van der Waals surface area contributed by atoms with E-state index in [0.29, 0.717) is 19.6 Å². The Labute approximate surface area is 115 Å². The fourth-order valence-electron chi connectivity index (χ4n) is 2.13. The molecule has 0 saturated carbocycles. The Morgan fingerprint density at radius 1 is 1.55 bits per heavy atom. The molecule has 0 atom stereocenters. The zero-order valence-corrected chi connectivity index (χ0v) is 11.1. The number of carbonyl (C=O) groups excluding carboxylic acids is 1. The van der Waals surface area contributed by atoms with Crippen LogP contribution in [0.1, 0.15) is 23.7 Å². The Balaban J connectivity index is 2.30. The van der Waals surface area contributed by atoms with Gasteiger partial charge < -0.3 is 10.2 Å². The normalized spacial score (nSPS) is 14.7. The lowest BCUT2D eigenvalue weighted by Gasteiger charge is -2.38. The topological polar surface area (TPSA) is 75.5 Å². The number of nitrogens with zero attached hydrogens (tertiary/aromatic N) is 2. The van der Waals surface area contributed by atoms with Gasteiger partial charge in [-0.3, -0.25) is 14.9 Å². The third kappa shape index (κ3) is 2.77. The van der Waals surface area contributed by atoms with Crippen LogP contribution in [0.15, 0.2) is 18.2 Å². The Bertz CT molecular complexity index is 532. The Kier molecular flexibility index (Phi) is 4.29. The van der Waals surface area contributed by atoms with Gasteiger partial charge in [0.2, 0.25) is 0 Å². The van der Waals surface area contributed by atoms with Crippen LogP contribution < -0.4 is 5.32 Å². The zero-order chi connectivity index (χ0) is 14.7. The van der Waals surface area contributed by atoms with Crippen molar-refractivity contribution in [2.75, 3.05) is 19.6 Å². The second kappa shape index (κ2) is 5.96. The number of carbonyl (C=O) groups is 1. The summed E-state index contributed by atoms with van der Waals surface area (Å²) in [6, 6.07) is 3.06. The summed E-state index contributed by atoms with van der Waals surface area (Å²) in [6.07, 6.45) is 0.749. The zero-order valence-electron chi connectivity index (χ0n) is 11.1. The van der Waals surface area contributed by atoms with Gasteiger partial charge in [0.1, 0.15) is 5.82 Å². The molecule has 6 nitrogen and oxygen atoms in total. The maximum Gasteiger partial charge on any atom is 0.270 e. The summed E-state index contributed by atoms with van der Waals surface area (Å²) in [6.45, 7) is 3.77. The third-order valence-corrected chi connectivity index (χ3v) is 3.32. The number of benzene rings is 1. The molecule has 1 saturated heterocycles. The highest BCUT2D eigenvalue weighted by Crippen LogP contribution is 2.20. The largest absolute Gasteiger partial charge is 0.333 e. The Morgan fingerprint density at radius 2 is 2.25 bits per heavy atom. The van der Waals surface area contributed by atoms with E-state index in [1.165, 1.54) is 0 Å². The average Bonchev–Trinajstić information content (AvgIpc) is 2.35. The van der Waals surface area contributed by atoms with E-state index >= 15 is 0 Å². The van der Waals surface area contributed by atoms with E-state index in [2.05, 4.69) is 5.32 Å². The quantitative estimate of drug-likeness (QED) is 0.656. The molecule has 1 heterocycles. The fraction of sp³-hybridized carbons (Fsp3) is 0.462. The first-order valence-electron chi connectivity index (χ1n) is 6.50. The molecule has 0 spiro atoms. The summed E-state index contributed by atoms with van der Waals surface area (Å²) in [5, 5.41) is 13.8. The Morgan fingerprint density at radius 3 is 2.75 bits per heavy atom. The number of hydrogen-bond donors (Lipinski definition) is 1. The van der Waals surface area contributed by atoms with Crippen molar-refractivity contribution in [2.24, 2.45) is 0 Å².